The van der Waals surface area contributed by atoms with Gasteiger partial charge in [0.1, 0.15) is 0 Å². The lowest BCUT2D eigenvalue weighted by Gasteiger charge is -2.25. The third-order valence-electron chi connectivity index (χ3n) is 2.33. The maximum Gasteiger partial charge on any atom is 0.0351 e. The van der Waals surface area contributed by atoms with Crippen LogP contribution in [0.3, 0.4) is 0 Å². The molecule has 0 heterocycles. The van der Waals surface area contributed by atoms with E-state index in [-0.39, 0.29) is 0 Å². The van der Waals surface area contributed by atoms with Crippen LogP contribution in [0.4, 0.5) is 0 Å². The highest BCUT2D eigenvalue weighted by atomic mass is 35.5. The largest absolute Gasteiger partial charge is 0.296 e. The zero-order chi connectivity index (χ0) is 10.4. The summed E-state index contributed by atoms with van der Waals surface area (Å²) in [6, 6.07) is 11.1. The first-order chi connectivity index (χ1) is 6.74. The molecule has 0 aliphatic heterocycles. The fraction of sp³-hybridized carbons (Fsp3) is 0.500. The molecule has 0 fully saturated rings. The third kappa shape index (κ3) is 3.69. The molecular weight excluding hydrogens is 194 g/mol. The maximum absolute atomic E-state index is 5.76. The number of benzene rings is 1. The number of hydrogen-bond acceptors (Lipinski definition) is 1. The number of nitrogens with zero attached hydrogens (tertiary/aromatic N) is 1. The zero-order valence-corrected chi connectivity index (χ0v) is 9.67. The first-order valence-corrected chi connectivity index (χ1v) is 5.61. The van der Waals surface area contributed by atoms with Crippen LogP contribution in [0.1, 0.15) is 19.4 Å². The Kier molecular flexibility index (Phi) is 4.99. The van der Waals surface area contributed by atoms with Crippen molar-refractivity contribution in [1.82, 2.24) is 4.90 Å². The van der Waals surface area contributed by atoms with E-state index in [1.807, 2.05) is 6.07 Å². The van der Waals surface area contributed by atoms with Gasteiger partial charge in [0.05, 0.1) is 0 Å². The van der Waals surface area contributed by atoms with Gasteiger partial charge in [0.25, 0.3) is 0 Å². The van der Waals surface area contributed by atoms with E-state index in [0.717, 1.165) is 13.1 Å². The molecule has 0 atom stereocenters. The van der Waals surface area contributed by atoms with Gasteiger partial charge in [-0.05, 0) is 19.4 Å². The van der Waals surface area contributed by atoms with Crippen molar-refractivity contribution >= 4 is 11.6 Å². The van der Waals surface area contributed by atoms with Crippen LogP contribution in [0.15, 0.2) is 30.3 Å². The minimum atomic E-state index is 0.550. The van der Waals surface area contributed by atoms with Crippen molar-refractivity contribution in [2.75, 3.05) is 12.4 Å². The van der Waals surface area contributed by atoms with Gasteiger partial charge in [0.2, 0.25) is 0 Å². The van der Waals surface area contributed by atoms with Crippen LogP contribution < -0.4 is 0 Å². The molecule has 0 bridgehead atoms. The summed E-state index contributed by atoms with van der Waals surface area (Å²) in [5.41, 5.74) is 1.35. The molecule has 0 aliphatic carbocycles. The Labute approximate surface area is 91.7 Å². The van der Waals surface area contributed by atoms with Gasteiger partial charge in [0.15, 0.2) is 0 Å². The van der Waals surface area contributed by atoms with Gasteiger partial charge in [-0.25, -0.2) is 0 Å². The van der Waals surface area contributed by atoms with Gasteiger partial charge in [-0.2, -0.15) is 0 Å². The van der Waals surface area contributed by atoms with E-state index >= 15 is 0 Å². The Balaban J connectivity index is 2.55. The van der Waals surface area contributed by atoms with Crippen LogP contribution in [0.5, 0.6) is 0 Å². The van der Waals surface area contributed by atoms with Gasteiger partial charge >= 0.3 is 0 Å². The van der Waals surface area contributed by atoms with Gasteiger partial charge < -0.3 is 0 Å². The molecule has 0 N–H and O–H groups in total. The predicted molar refractivity (Wildman–Crippen MR) is 62.7 cm³/mol. The van der Waals surface area contributed by atoms with Crippen LogP contribution in [-0.2, 0) is 6.54 Å². The van der Waals surface area contributed by atoms with Crippen molar-refractivity contribution in [3.05, 3.63) is 35.9 Å². The van der Waals surface area contributed by atoms with Crippen molar-refractivity contribution in [2.45, 2.75) is 26.4 Å². The first kappa shape index (κ1) is 11.5. The fourth-order valence-electron chi connectivity index (χ4n) is 1.45. The summed E-state index contributed by atoms with van der Waals surface area (Å²) in [5.74, 6) is 0.699. The first-order valence-electron chi connectivity index (χ1n) is 5.08. The molecule has 0 amide bonds. The second kappa shape index (κ2) is 6.05. The fourth-order valence-corrected chi connectivity index (χ4v) is 1.66. The van der Waals surface area contributed by atoms with Crippen molar-refractivity contribution in [3.63, 3.8) is 0 Å². The Morgan fingerprint density at radius 3 is 2.36 bits per heavy atom. The van der Waals surface area contributed by atoms with Crippen LogP contribution in [-0.4, -0.2) is 23.4 Å². The average molecular weight is 212 g/mol. The van der Waals surface area contributed by atoms with E-state index < -0.39 is 0 Å². The van der Waals surface area contributed by atoms with E-state index in [4.69, 9.17) is 11.6 Å². The summed E-state index contributed by atoms with van der Waals surface area (Å²) >= 11 is 5.76. The smallest absolute Gasteiger partial charge is 0.0351 e. The highest BCUT2D eigenvalue weighted by Crippen LogP contribution is 2.07. The molecule has 0 saturated carbocycles. The minimum Gasteiger partial charge on any atom is -0.296 e. The maximum atomic E-state index is 5.76. The summed E-state index contributed by atoms with van der Waals surface area (Å²) in [6.07, 6.45) is 0. The Morgan fingerprint density at radius 2 is 1.86 bits per heavy atom. The molecule has 2 heteroatoms. The summed E-state index contributed by atoms with van der Waals surface area (Å²) in [5, 5.41) is 0. The normalized spacial score (nSPS) is 11.2. The van der Waals surface area contributed by atoms with Crippen molar-refractivity contribution in [1.29, 1.82) is 0 Å². The standard InChI is InChI=1S/C12H18ClN/c1-11(2)14(9-8-13)10-12-6-4-3-5-7-12/h3-7,11H,8-10H2,1-2H3. The zero-order valence-electron chi connectivity index (χ0n) is 8.91. The lowest BCUT2D eigenvalue weighted by Crippen LogP contribution is -2.32. The Morgan fingerprint density at radius 1 is 1.21 bits per heavy atom. The molecule has 0 radical (unpaired) electrons. The number of hydrogen-bond donors (Lipinski definition) is 0. The Hall–Kier alpha value is -0.530. The van der Waals surface area contributed by atoms with E-state index in [1.54, 1.807) is 0 Å². The monoisotopic (exact) mass is 211 g/mol. The molecule has 1 nitrogen and oxygen atoms in total. The number of halogens is 1. The van der Waals surface area contributed by atoms with Gasteiger partial charge in [-0.3, -0.25) is 4.90 Å². The van der Waals surface area contributed by atoms with Gasteiger partial charge in [-0.1, -0.05) is 30.3 Å². The van der Waals surface area contributed by atoms with Crippen LogP contribution in [0.25, 0.3) is 0 Å². The average Bonchev–Trinajstić information content (AvgIpc) is 2.18. The predicted octanol–water partition coefficient (Wildman–Crippen LogP) is 3.14. The molecular formula is C12H18ClN. The SMILES string of the molecule is CC(C)N(CCCl)Cc1ccccc1. The summed E-state index contributed by atoms with van der Waals surface area (Å²) in [4.78, 5) is 2.38. The second-order valence-electron chi connectivity index (χ2n) is 3.74. The molecule has 1 rings (SSSR count). The lowest BCUT2D eigenvalue weighted by atomic mass is 10.2. The highest BCUT2D eigenvalue weighted by Gasteiger charge is 2.08. The van der Waals surface area contributed by atoms with Crippen LogP contribution in [0.2, 0.25) is 0 Å². The van der Waals surface area contributed by atoms with Crippen molar-refractivity contribution in [3.8, 4) is 0 Å². The summed E-state index contributed by atoms with van der Waals surface area (Å²) < 4.78 is 0. The topological polar surface area (TPSA) is 3.24 Å². The van der Waals surface area contributed by atoms with E-state index in [2.05, 4.69) is 43.0 Å². The van der Waals surface area contributed by atoms with Crippen LogP contribution in [0, 0.1) is 0 Å². The molecule has 0 aromatic heterocycles. The second-order valence-corrected chi connectivity index (χ2v) is 4.12. The number of alkyl halides is 1. The molecule has 0 saturated heterocycles. The number of rotatable bonds is 5. The lowest BCUT2D eigenvalue weighted by molar-refractivity contribution is 0.226. The summed E-state index contributed by atoms with van der Waals surface area (Å²) in [7, 11) is 0. The quantitative estimate of drug-likeness (QED) is 0.677. The molecule has 0 aliphatic rings. The minimum absolute atomic E-state index is 0.550. The van der Waals surface area contributed by atoms with E-state index in [1.165, 1.54) is 5.56 Å². The highest BCUT2D eigenvalue weighted by molar-refractivity contribution is 6.18. The molecule has 1 aromatic rings. The molecule has 1 aromatic carbocycles. The van der Waals surface area contributed by atoms with E-state index in [9.17, 15) is 0 Å². The molecule has 14 heavy (non-hydrogen) atoms. The van der Waals surface area contributed by atoms with Crippen molar-refractivity contribution in [2.24, 2.45) is 0 Å². The van der Waals surface area contributed by atoms with E-state index in [0.29, 0.717) is 11.9 Å². The molecule has 0 spiro atoms. The third-order valence-corrected chi connectivity index (χ3v) is 2.50. The van der Waals surface area contributed by atoms with Crippen molar-refractivity contribution < 1.29 is 0 Å². The molecule has 78 valence electrons. The summed E-state index contributed by atoms with van der Waals surface area (Å²) in [6.45, 7) is 6.35. The Bertz CT molecular complexity index is 246. The van der Waals surface area contributed by atoms with Crippen LogP contribution >= 0.6 is 11.6 Å². The van der Waals surface area contributed by atoms with Gasteiger partial charge in [-0.15, -0.1) is 11.6 Å². The molecule has 0 unspecified atom stereocenters. The van der Waals surface area contributed by atoms with Gasteiger partial charge in [0, 0.05) is 25.0 Å².